The van der Waals surface area contributed by atoms with Gasteiger partial charge >= 0.3 is 11.9 Å². The average molecular weight is 244 g/mol. The predicted octanol–water partition coefficient (Wildman–Crippen LogP) is 1.60. The van der Waals surface area contributed by atoms with Crippen molar-refractivity contribution in [3.8, 4) is 0 Å². The third kappa shape index (κ3) is 5.17. The largest absolute Gasteiger partial charge is 0.481 e. The van der Waals surface area contributed by atoms with Crippen LogP contribution in [0.4, 0.5) is 0 Å². The van der Waals surface area contributed by atoms with Crippen molar-refractivity contribution < 1.29 is 24.2 Å². The molecule has 0 saturated carbocycles. The Morgan fingerprint density at radius 3 is 3.00 bits per heavy atom. The van der Waals surface area contributed by atoms with Crippen molar-refractivity contribution in [2.45, 2.75) is 45.1 Å². The van der Waals surface area contributed by atoms with E-state index in [0.717, 1.165) is 12.8 Å². The van der Waals surface area contributed by atoms with Gasteiger partial charge in [0.1, 0.15) is 6.10 Å². The van der Waals surface area contributed by atoms with Crippen molar-refractivity contribution in [1.29, 1.82) is 0 Å². The Bertz CT molecular complexity index is 264. The van der Waals surface area contributed by atoms with E-state index in [-0.39, 0.29) is 24.4 Å². The summed E-state index contributed by atoms with van der Waals surface area (Å²) >= 11 is 0. The number of hydrogen-bond acceptors (Lipinski definition) is 4. The standard InChI is InChI=1S/C12H20O5/c1-2-3-6-16-8-10-7-9(12(15)17-10)4-5-11(13)14/h9-10H,2-8H2,1H3,(H,13,14). The SMILES string of the molecule is CCCCOCC1CC(CCC(=O)O)C(=O)O1. The van der Waals surface area contributed by atoms with Gasteiger partial charge in [0.25, 0.3) is 0 Å². The molecule has 0 radical (unpaired) electrons. The fourth-order valence-electron chi connectivity index (χ4n) is 1.82. The van der Waals surface area contributed by atoms with Gasteiger partial charge in [-0.3, -0.25) is 9.59 Å². The Kier molecular flexibility index (Phi) is 5.97. The van der Waals surface area contributed by atoms with E-state index >= 15 is 0 Å². The van der Waals surface area contributed by atoms with Gasteiger partial charge in [-0.1, -0.05) is 13.3 Å². The number of carbonyl (C=O) groups is 2. The summed E-state index contributed by atoms with van der Waals surface area (Å²) in [6.45, 7) is 3.19. The predicted molar refractivity (Wildman–Crippen MR) is 60.6 cm³/mol. The third-order valence-electron chi connectivity index (χ3n) is 2.82. The van der Waals surface area contributed by atoms with Gasteiger partial charge in [0.05, 0.1) is 12.5 Å². The van der Waals surface area contributed by atoms with Crippen LogP contribution in [-0.2, 0) is 19.1 Å². The zero-order valence-corrected chi connectivity index (χ0v) is 10.2. The molecule has 0 bridgehead atoms. The number of hydrogen-bond donors (Lipinski definition) is 1. The highest BCUT2D eigenvalue weighted by molar-refractivity contribution is 5.75. The first-order valence-corrected chi connectivity index (χ1v) is 6.13. The average Bonchev–Trinajstić information content (AvgIpc) is 2.63. The van der Waals surface area contributed by atoms with Crippen LogP contribution in [0.3, 0.4) is 0 Å². The number of unbranched alkanes of at least 4 members (excludes halogenated alkanes) is 1. The fourth-order valence-corrected chi connectivity index (χ4v) is 1.82. The molecule has 1 fully saturated rings. The summed E-state index contributed by atoms with van der Waals surface area (Å²) in [6.07, 6.45) is 2.84. The Labute approximate surface area is 101 Å². The molecule has 0 spiro atoms. The van der Waals surface area contributed by atoms with E-state index in [0.29, 0.717) is 26.1 Å². The maximum absolute atomic E-state index is 11.4. The van der Waals surface area contributed by atoms with E-state index in [4.69, 9.17) is 14.6 Å². The van der Waals surface area contributed by atoms with E-state index in [2.05, 4.69) is 6.92 Å². The molecular formula is C12H20O5. The van der Waals surface area contributed by atoms with Crippen LogP contribution in [0.15, 0.2) is 0 Å². The van der Waals surface area contributed by atoms with Gasteiger partial charge in [-0.25, -0.2) is 0 Å². The van der Waals surface area contributed by atoms with Gasteiger partial charge in [0.15, 0.2) is 0 Å². The molecule has 1 rings (SSSR count). The zero-order chi connectivity index (χ0) is 12.7. The lowest BCUT2D eigenvalue weighted by atomic mass is 9.99. The lowest BCUT2D eigenvalue weighted by Gasteiger charge is -2.09. The molecule has 1 N–H and O–H groups in total. The van der Waals surface area contributed by atoms with Gasteiger partial charge < -0.3 is 14.6 Å². The maximum Gasteiger partial charge on any atom is 0.309 e. The Hall–Kier alpha value is -1.10. The van der Waals surface area contributed by atoms with Crippen molar-refractivity contribution in [2.24, 2.45) is 5.92 Å². The number of ether oxygens (including phenoxy) is 2. The first-order chi connectivity index (χ1) is 8.13. The monoisotopic (exact) mass is 244 g/mol. The van der Waals surface area contributed by atoms with Crippen LogP contribution < -0.4 is 0 Å². The van der Waals surface area contributed by atoms with Crippen LogP contribution in [0.1, 0.15) is 39.0 Å². The molecule has 2 unspecified atom stereocenters. The first-order valence-electron chi connectivity index (χ1n) is 6.13. The fraction of sp³-hybridized carbons (Fsp3) is 0.833. The van der Waals surface area contributed by atoms with Crippen molar-refractivity contribution in [2.75, 3.05) is 13.2 Å². The molecule has 0 aromatic carbocycles. The van der Waals surface area contributed by atoms with Crippen LogP contribution >= 0.6 is 0 Å². The smallest absolute Gasteiger partial charge is 0.309 e. The maximum atomic E-state index is 11.4. The molecule has 1 heterocycles. The molecule has 0 amide bonds. The van der Waals surface area contributed by atoms with E-state index in [1.54, 1.807) is 0 Å². The van der Waals surface area contributed by atoms with Crippen LogP contribution in [0.5, 0.6) is 0 Å². The highest BCUT2D eigenvalue weighted by Gasteiger charge is 2.34. The van der Waals surface area contributed by atoms with Crippen LogP contribution in [0.2, 0.25) is 0 Å². The second kappa shape index (κ2) is 7.27. The van der Waals surface area contributed by atoms with Gasteiger partial charge in [0.2, 0.25) is 0 Å². The quantitative estimate of drug-likeness (QED) is 0.518. The number of cyclic esters (lactones) is 1. The summed E-state index contributed by atoms with van der Waals surface area (Å²) < 4.78 is 10.5. The summed E-state index contributed by atoms with van der Waals surface area (Å²) in [5, 5.41) is 8.55. The lowest BCUT2D eigenvalue weighted by Crippen LogP contribution is -2.15. The van der Waals surface area contributed by atoms with Gasteiger partial charge in [0, 0.05) is 13.0 Å². The van der Waals surface area contributed by atoms with Gasteiger partial charge in [-0.05, 0) is 19.3 Å². The summed E-state index contributed by atoms with van der Waals surface area (Å²) in [4.78, 5) is 21.8. The van der Waals surface area contributed by atoms with E-state index in [9.17, 15) is 9.59 Å². The molecule has 2 atom stereocenters. The minimum Gasteiger partial charge on any atom is -0.481 e. The highest BCUT2D eigenvalue weighted by Crippen LogP contribution is 2.25. The van der Waals surface area contributed by atoms with Crippen molar-refractivity contribution in [3.63, 3.8) is 0 Å². The second-order valence-corrected chi connectivity index (χ2v) is 4.35. The lowest BCUT2D eigenvalue weighted by molar-refractivity contribution is -0.146. The number of carboxylic acid groups (broad SMARTS) is 1. The number of aliphatic carboxylic acids is 1. The van der Waals surface area contributed by atoms with E-state index in [1.807, 2.05) is 0 Å². The van der Waals surface area contributed by atoms with Crippen molar-refractivity contribution in [1.82, 2.24) is 0 Å². The third-order valence-corrected chi connectivity index (χ3v) is 2.82. The van der Waals surface area contributed by atoms with E-state index < -0.39 is 5.97 Å². The highest BCUT2D eigenvalue weighted by atomic mass is 16.6. The number of carbonyl (C=O) groups excluding carboxylic acids is 1. The molecule has 98 valence electrons. The molecule has 17 heavy (non-hydrogen) atoms. The number of carboxylic acids is 1. The molecule has 0 aromatic heterocycles. The van der Waals surface area contributed by atoms with Gasteiger partial charge in [-0.15, -0.1) is 0 Å². The van der Waals surface area contributed by atoms with Crippen LogP contribution in [0.25, 0.3) is 0 Å². The molecule has 1 saturated heterocycles. The molecule has 5 nitrogen and oxygen atoms in total. The normalized spacial score (nSPS) is 23.7. The molecular weight excluding hydrogens is 224 g/mol. The molecule has 0 aliphatic carbocycles. The zero-order valence-electron chi connectivity index (χ0n) is 10.2. The Morgan fingerprint density at radius 2 is 2.35 bits per heavy atom. The Morgan fingerprint density at radius 1 is 1.59 bits per heavy atom. The summed E-state index contributed by atoms with van der Waals surface area (Å²) in [5.41, 5.74) is 0. The van der Waals surface area contributed by atoms with Crippen LogP contribution in [0, 0.1) is 5.92 Å². The molecule has 5 heteroatoms. The topological polar surface area (TPSA) is 72.8 Å². The number of rotatable bonds is 8. The Balaban J connectivity index is 2.19. The minimum absolute atomic E-state index is 0.0170. The molecule has 0 aromatic rings. The van der Waals surface area contributed by atoms with Gasteiger partial charge in [-0.2, -0.15) is 0 Å². The van der Waals surface area contributed by atoms with E-state index in [1.165, 1.54) is 0 Å². The second-order valence-electron chi connectivity index (χ2n) is 4.35. The molecule has 1 aliphatic heterocycles. The summed E-state index contributed by atoms with van der Waals surface area (Å²) in [6, 6.07) is 0. The first kappa shape index (κ1) is 14.0. The molecule has 1 aliphatic rings. The van der Waals surface area contributed by atoms with Crippen molar-refractivity contribution >= 4 is 11.9 Å². The van der Waals surface area contributed by atoms with Crippen molar-refractivity contribution in [3.05, 3.63) is 0 Å². The number of esters is 1. The summed E-state index contributed by atoms with van der Waals surface area (Å²) in [5.74, 6) is -1.43. The summed E-state index contributed by atoms with van der Waals surface area (Å²) in [7, 11) is 0. The minimum atomic E-state index is -0.875. The van der Waals surface area contributed by atoms with Crippen LogP contribution in [-0.4, -0.2) is 36.4 Å².